The minimum atomic E-state index is -0.264. The van der Waals surface area contributed by atoms with E-state index in [0.717, 1.165) is 0 Å². The van der Waals surface area contributed by atoms with E-state index in [1.165, 1.54) is 7.11 Å². The number of anilines is 1. The highest BCUT2D eigenvalue weighted by Crippen LogP contribution is 2.10. The van der Waals surface area contributed by atoms with Gasteiger partial charge >= 0.3 is 5.97 Å². The van der Waals surface area contributed by atoms with Gasteiger partial charge in [-0.1, -0.05) is 11.6 Å². The van der Waals surface area contributed by atoms with Crippen LogP contribution in [0, 0.1) is 6.92 Å². The highest BCUT2D eigenvalue weighted by atomic mass is 35.5. The summed E-state index contributed by atoms with van der Waals surface area (Å²) in [6.07, 6.45) is 0.289. The van der Waals surface area contributed by atoms with Gasteiger partial charge in [-0.25, -0.2) is 9.97 Å². The molecule has 0 saturated carbocycles. The maximum Gasteiger partial charge on any atom is 0.307 e. The van der Waals surface area contributed by atoms with E-state index in [-0.39, 0.29) is 12.4 Å². The van der Waals surface area contributed by atoms with E-state index >= 15 is 0 Å². The Kier molecular flexibility index (Phi) is 4.30. The Labute approximate surface area is 92.8 Å². The summed E-state index contributed by atoms with van der Waals surface area (Å²) in [6.45, 7) is 2.21. The molecule has 15 heavy (non-hydrogen) atoms. The minimum Gasteiger partial charge on any atom is -0.469 e. The van der Waals surface area contributed by atoms with Crippen LogP contribution >= 0.6 is 11.6 Å². The zero-order valence-electron chi connectivity index (χ0n) is 8.58. The standard InChI is InChI=1S/C9H12ClN3O2/c1-6-12-7(10)5-8(13-6)11-4-3-9(14)15-2/h5H,3-4H2,1-2H3,(H,11,12,13). The number of hydrogen-bond donors (Lipinski definition) is 1. The van der Waals surface area contributed by atoms with Crippen molar-refractivity contribution in [2.45, 2.75) is 13.3 Å². The van der Waals surface area contributed by atoms with Crippen molar-refractivity contribution in [3.63, 3.8) is 0 Å². The van der Waals surface area contributed by atoms with E-state index in [2.05, 4.69) is 20.0 Å². The minimum absolute atomic E-state index is 0.264. The van der Waals surface area contributed by atoms with Crippen LogP contribution in [0.15, 0.2) is 6.07 Å². The third kappa shape index (κ3) is 4.12. The lowest BCUT2D eigenvalue weighted by molar-refractivity contribution is -0.140. The predicted octanol–water partition coefficient (Wildman–Crippen LogP) is 1.41. The second kappa shape index (κ2) is 5.50. The summed E-state index contributed by atoms with van der Waals surface area (Å²) in [5.41, 5.74) is 0. The third-order valence-corrected chi connectivity index (χ3v) is 1.86. The van der Waals surface area contributed by atoms with Gasteiger partial charge in [0, 0.05) is 12.6 Å². The van der Waals surface area contributed by atoms with Gasteiger partial charge in [-0.2, -0.15) is 0 Å². The molecule has 0 saturated heterocycles. The number of methoxy groups -OCH3 is 1. The Morgan fingerprint density at radius 3 is 2.93 bits per heavy atom. The smallest absolute Gasteiger partial charge is 0.307 e. The molecule has 0 aliphatic carbocycles. The molecule has 1 N–H and O–H groups in total. The lowest BCUT2D eigenvalue weighted by Gasteiger charge is -2.05. The second-order valence-electron chi connectivity index (χ2n) is 2.88. The van der Waals surface area contributed by atoms with Gasteiger partial charge in [0.2, 0.25) is 0 Å². The van der Waals surface area contributed by atoms with Crippen LogP contribution < -0.4 is 5.32 Å². The predicted molar refractivity (Wildman–Crippen MR) is 56.9 cm³/mol. The number of nitrogens with one attached hydrogen (secondary N) is 1. The summed E-state index contributed by atoms with van der Waals surface area (Å²) in [5, 5.41) is 3.33. The Morgan fingerprint density at radius 1 is 1.60 bits per heavy atom. The van der Waals surface area contributed by atoms with E-state index in [1.807, 2.05) is 0 Å². The van der Waals surface area contributed by atoms with E-state index in [4.69, 9.17) is 11.6 Å². The van der Waals surface area contributed by atoms with Crippen molar-refractivity contribution in [1.29, 1.82) is 0 Å². The highest BCUT2D eigenvalue weighted by molar-refractivity contribution is 6.29. The fourth-order valence-corrected chi connectivity index (χ4v) is 1.24. The zero-order chi connectivity index (χ0) is 11.3. The van der Waals surface area contributed by atoms with Gasteiger partial charge in [0.15, 0.2) is 0 Å². The molecule has 0 aromatic carbocycles. The molecule has 1 heterocycles. The van der Waals surface area contributed by atoms with Crippen molar-refractivity contribution in [1.82, 2.24) is 9.97 Å². The Morgan fingerprint density at radius 2 is 2.33 bits per heavy atom. The van der Waals surface area contributed by atoms with Crippen LogP contribution in [0.3, 0.4) is 0 Å². The van der Waals surface area contributed by atoms with E-state index in [1.54, 1.807) is 13.0 Å². The molecule has 5 nitrogen and oxygen atoms in total. The number of carbonyl (C=O) groups is 1. The lowest BCUT2D eigenvalue weighted by Crippen LogP contribution is -2.11. The molecule has 0 aliphatic heterocycles. The lowest BCUT2D eigenvalue weighted by atomic mass is 10.4. The van der Waals surface area contributed by atoms with Crippen LogP contribution in [0.5, 0.6) is 0 Å². The van der Waals surface area contributed by atoms with E-state index in [0.29, 0.717) is 23.3 Å². The van der Waals surface area contributed by atoms with Gasteiger partial charge in [0.25, 0.3) is 0 Å². The Hall–Kier alpha value is -1.36. The SMILES string of the molecule is COC(=O)CCNc1cc(Cl)nc(C)n1. The van der Waals surface area contributed by atoms with Gasteiger partial charge in [-0.05, 0) is 6.92 Å². The van der Waals surface area contributed by atoms with Crippen molar-refractivity contribution in [2.75, 3.05) is 19.0 Å². The molecule has 6 heteroatoms. The van der Waals surface area contributed by atoms with Gasteiger partial charge in [0.05, 0.1) is 13.5 Å². The average Bonchev–Trinajstić information content (AvgIpc) is 2.16. The van der Waals surface area contributed by atoms with Crippen LogP contribution in [0.25, 0.3) is 0 Å². The summed E-state index contributed by atoms with van der Waals surface area (Å²) in [7, 11) is 1.36. The highest BCUT2D eigenvalue weighted by Gasteiger charge is 2.02. The largest absolute Gasteiger partial charge is 0.469 e. The van der Waals surface area contributed by atoms with Crippen molar-refractivity contribution in [3.8, 4) is 0 Å². The molecule has 0 fully saturated rings. The third-order valence-electron chi connectivity index (χ3n) is 1.67. The molecule has 82 valence electrons. The number of rotatable bonds is 4. The number of halogens is 1. The molecule has 0 amide bonds. The van der Waals surface area contributed by atoms with Crippen molar-refractivity contribution < 1.29 is 9.53 Å². The molecule has 0 bridgehead atoms. The Bertz CT molecular complexity index is 337. The first-order valence-electron chi connectivity index (χ1n) is 4.43. The molecule has 1 aromatic heterocycles. The Balaban J connectivity index is 2.47. The van der Waals surface area contributed by atoms with Crippen LogP contribution in [0.4, 0.5) is 5.82 Å². The van der Waals surface area contributed by atoms with Gasteiger partial charge in [0.1, 0.15) is 16.8 Å². The first-order chi connectivity index (χ1) is 7.11. The van der Waals surface area contributed by atoms with Crippen LogP contribution in [-0.4, -0.2) is 29.6 Å². The molecule has 1 rings (SSSR count). The monoisotopic (exact) mass is 229 g/mol. The number of ether oxygens (including phenoxy) is 1. The molecular formula is C9H12ClN3O2. The fraction of sp³-hybridized carbons (Fsp3) is 0.444. The molecule has 0 radical (unpaired) electrons. The van der Waals surface area contributed by atoms with Crippen LogP contribution in [0.2, 0.25) is 5.15 Å². The number of hydrogen-bond acceptors (Lipinski definition) is 5. The number of carbonyl (C=O) groups excluding carboxylic acids is 1. The number of nitrogens with zero attached hydrogens (tertiary/aromatic N) is 2. The second-order valence-corrected chi connectivity index (χ2v) is 3.26. The van der Waals surface area contributed by atoms with Crippen LogP contribution in [-0.2, 0) is 9.53 Å². The summed E-state index contributed by atoms with van der Waals surface area (Å²) in [4.78, 5) is 18.8. The van der Waals surface area contributed by atoms with Gasteiger partial charge < -0.3 is 10.1 Å². The quantitative estimate of drug-likeness (QED) is 0.625. The summed E-state index contributed by atoms with van der Waals surface area (Å²) < 4.78 is 4.50. The zero-order valence-corrected chi connectivity index (χ0v) is 9.34. The van der Waals surface area contributed by atoms with Crippen molar-refractivity contribution in [3.05, 3.63) is 17.0 Å². The molecular weight excluding hydrogens is 218 g/mol. The van der Waals surface area contributed by atoms with E-state index < -0.39 is 0 Å². The molecule has 0 unspecified atom stereocenters. The first kappa shape index (κ1) is 11.7. The summed E-state index contributed by atoms with van der Waals surface area (Å²) in [5.74, 6) is 0.929. The van der Waals surface area contributed by atoms with Crippen LogP contribution in [0.1, 0.15) is 12.2 Å². The van der Waals surface area contributed by atoms with Gasteiger partial charge in [-0.15, -0.1) is 0 Å². The topological polar surface area (TPSA) is 64.1 Å². The van der Waals surface area contributed by atoms with Crippen molar-refractivity contribution in [2.24, 2.45) is 0 Å². The maximum absolute atomic E-state index is 10.8. The summed E-state index contributed by atoms with van der Waals surface area (Å²) in [6, 6.07) is 1.60. The molecule has 0 atom stereocenters. The molecule has 0 aliphatic rings. The van der Waals surface area contributed by atoms with Crippen molar-refractivity contribution >= 4 is 23.4 Å². The molecule has 0 spiro atoms. The normalized spacial score (nSPS) is 9.80. The van der Waals surface area contributed by atoms with Gasteiger partial charge in [-0.3, -0.25) is 4.79 Å². The number of aryl methyl sites for hydroxylation is 1. The first-order valence-corrected chi connectivity index (χ1v) is 4.81. The fourth-order valence-electron chi connectivity index (χ4n) is 1.02. The number of esters is 1. The average molecular weight is 230 g/mol. The summed E-state index contributed by atoms with van der Waals surface area (Å²) >= 11 is 5.74. The maximum atomic E-state index is 10.8. The number of aromatic nitrogens is 2. The van der Waals surface area contributed by atoms with E-state index in [9.17, 15) is 4.79 Å². The molecule has 1 aromatic rings.